The van der Waals surface area contributed by atoms with Gasteiger partial charge in [0.15, 0.2) is 0 Å². The van der Waals surface area contributed by atoms with Crippen LogP contribution in [0.1, 0.15) is 23.6 Å². The van der Waals surface area contributed by atoms with Crippen molar-refractivity contribution in [2.45, 2.75) is 19.4 Å². The lowest BCUT2D eigenvalue weighted by molar-refractivity contribution is 0.209. The number of rotatable bonds is 4. The average molecular weight is 234 g/mol. The van der Waals surface area contributed by atoms with Crippen molar-refractivity contribution in [1.29, 1.82) is 0 Å². The zero-order chi connectivity index (χ0) is 12.3. The summed E-state index contributed by atoms with van der Waals surface area (Å²) in [5.74, 6) is 0. The molecule has 1 heterocycles. The Morgan fingerprint density at radius 3 is 3.06 bits per heavy atom. The van der Waals surface area contributed by atoms with E-state index in [1.54, 1.807) is 4.90 Å². The van der Waals surface area contributed by atoms with Crippen LogP contribution in [0.3, 0.4) is 0 Å². The summed E-state index contributed by atoms with van der Waals surface area (Å²) in [5, 5.41) is 11.7. The molecule has 1 aromatic carbocycles. The molecule has 4 nitrogen and oxygen atoms in total. The molecule has 1 saturated heterocycles. The van der Waals surface area contributed by atoms with E-state index in [1.165, 1.54) is 5.56 Å². The highest BCUT2D eigenvalue weighted by molar-refractivity contribution is 5.77. The molecule has 2 amide bonds. The summed E-state index contributed by atoms with van der Waals surface area (Å²) in [7, 11) is 0. The Morgan fingerprint density at radius 1 is 1.53 bits per heavy atom. The molecule has 2 rings (SSSR count). The van der Waals surface area contributed by atoms with Gasteiger partial charge in [-0.1, -0.05) is 29.8 Å². The maximum atomic E-state index is 11.7. The van der Waals surface area contributed by atoms with Crippen LogP contribution < -0.4 is 5.32 Å². The topological polar surface area (TPSA) is 52.6 Å². The smallest absolute Gasteiger partial charge is 0.318 e. The molecule has 1 unspecified atom stereocenters. The first kappa shape index (κ1) is 11.9. The van der Waals surface area contributed by atoms with E-state index < -0.39 is 0 Å². The third-order valence-electron chi connectivity index (χ3n) is 3.02. The quantitative estimate of drug-likeness (QED) is 0.828. The fourth-order valence-corrected chi connectivity index (χ4v) is 2.12. The third-order valence-corrected chi connectivity index (χ3v) is 3.02. The molecule has 1 aliphatic rings. The van der Waals surface area contributed by atoms with Crippen molar-refractivity contribution < 1.29 is 9.90 Å². The number of nitrogens with zero attached hydrogens (tertiary/aromatic N) is 1. The lowest BCUT2D eigenvalue weighted by Gasteiger charge is -2.13. The first-order valence-corrected chi connectivity index (χ1v) is 5.93. The maximum absolute atomic E-state index is 11.7. The number of aliphatic hydroxyl groups is 1. The Balaban J connectivity index is 2.03. The van der Waals surface area contributed by atoms with E-state index in [2.05, 4.69) is 11.4 Å². The fraction of sp³-hybridized carbons (Fsp3) is 0.462. The normalized spacial score (nSPS) is 19.5. The molecule has 1 fully saturated rings. The molecule has 0 saturated carbocycles. The summed E-state index contributed by atoms with van der Waals surface area (Å²) in [5.41, 5.74) is 2.34. The minimum atomic E-state index is -0.0371. The Kier molecular flexibility index (Phi) is 3.64. The van der Waals surface area contributed by atoms with Gasteiger partial charge in [-0.25, -0.2) is 4.79 Å². The second-order valence-electron chi connectivity index (χ2n) is 4.44. The molecule has 4 heteroatoms. The van der Waals surface area contributed by atoms with Gasteiger partial charge in [0.05, 0.1) is 6.04 Å². The van der Waals surface area contributed by atoms with Gasteiger partial charge in [0.25, 0.3) is 0 Å². The second-order valence-corrected chi connectivity index (χ2v) is 4.44. The third kappa shape index (κ3) is 2.77. The molecule has 92 valence electrons. The van der Waals surface area contributed by atoms with Crippen LogP contribution in [0.25, 0.3) is 0 Å². The summed E-state index contributed by atoms with van der Waals surface area (Å²) >= 11 is 0. The fourth-order valence-electron chi connectivity index (χ4n) is 2.12. The molecule has 1 aliphatic heterocycles. The van der Waals surface area contributed by atoms with Gasteiger partial charge >= 0.3 is 6.03 Å². The van der Waals surface area contributed by atoms with Gasteiger partial charge in [-0.05, 0) is 18.9 Å². The predicted molar refractivity (Wildman–Crippen MR) is 65.7 cm³/mol. The van der Waals surface area contributed by atoms with Crippen molar-refractivity contribution in [2.24, 2.45) is 0 Å². The van der Waals surface area contributed by atoms with Crippen molar-refractivity contribution in [3.8, 4) is 0 Å². The van der Waals surface area contributed by atoms with Gasteiger partial charge in [0.1, 0.15) is 0 Å². The summed E-state index contributed by atoms with van der Waals surface area (Å²) in [4.78, 5) is 13.4. The highest BCUT2D eigenvalue weighted by atomic mass is 16.3. The first-order valence-electron chi connectivity index (χ1n) is 5.93. The highest BCUT2D eigenvalue weighted by Gasteiger charge is 2.28. The number of carbonyl (C=O) groups excluding carboxylic acids is 1. The van der Waals surface area contributed by atoms with Crippen LogP contribution in [0.2, 0.25) is 0 Å². The van der Waals surface area contributed by atoms with Gasteiger partial charge in [-0.15, -0.1) is 0 Å². The van der Waals surface area contributed by atoms with E-state index in [-0.39, 0.29) is 18.7 Å². The van der Waals surface area contributed by atoms with Crippen LogP contribution >= 0.6 is 0 Å². The standard InChI is InChI=1S/C13H18N2O2/c1-10-4-2-5-11(8-10)12-9-15(6-3-7-16)13(17)14-12/h2,4-5,8,12,16H,3,6-7,9H2,1H3,(H,14,17). The van der Waals surface area contributed by atoms with Gasteiger partial charge in [0, 0.05) is 19.7 Å². The molecule has 0 aromatic heterocycles. The van der Waals surface area contributed by atoms with Crippen LogP contribution in [-0.4, -0.2) is 35.7 Å². The zero-order valence-electron chi connectivity index (χ0n) is 10.0. The van der Waals surface area contributed by atoms with Crippen LogP contribution in [0.5, 0.6) is 0 Å². The first-order chi connectivity index (χ1) is 8.20. The maximum Gasteiger partial charge on any atom is 0.318 e. The molecule has 17 heavy (non-hydrogen) atoms. The Hall–Kier alpha value is -1.55. The number of benzene rings is 1. The number of urea groups is 1. The van der Waals surface area contributed by atoms with Crippen LogP contribution in [-0.2, 0) is 0 Å². The van der Waals surface area contributed by atoms with Crippen LogP contribution in [0.15, 0.2) is 24.3 Å². The van der Waals surface area contributed by atoms with Gasteiger partial charge in [-0.2, -0.15) is 0 Å². The van der Waals surface area contributed by atoms with E-state index in [0.717, 1.165) is 5.56 Å². The summed E-state index contributed by atoms with van der Waals surface area (Å²) in [6.45, 7) is 3.47. The molecule has 2 N–H and O–H groups in total. The van der Waals surface area contributed by atoms with E-state index in [0.29, 0.717) is 19.5 Å². The predicted octanol–water partition coefficient (Wildman–Crippen LogP) is 1.44. The highest BCUT2D eigenvalue weighted by Crippen LogP contribution is 2.21. The monoisotopic (exact) mass is 234 g/mol. The number of aryl methyl sites for hydroxylation is 1. The number of carbonyl (C=O) groups is 1. The SMILES string of the molecule is Cc1cccc(C2CN(CCCO)C(=O)N2)c1. The average Bonchev–Trinajstić information content (AvgIpc) is 2.68. The molecule has 1 aromatic rings. The molecule has 0 aliphatic carbocycles. The summed E-state index contributed by atoms with van der Waals surface area (Å²) in [6.07, 6.45) is 0.633. The Bertz CT molecular complexity index is 406. The Morgan fingerprint density at radius 2 is 2.35 bits per heavy atom. The largest absolute Gasteiger partial charge is 0.396 e. The van der Waals surface area contributed by atoms with E-state index in [4.69, 9.17) is 5.11 Å². The number of amides is 2. The van der Waals surface area contributed by atoms with E-state index in [9.17, 15) is 4.79 Å². The number of hydrogen-bond acceptors (Lipinski definition) is 2. The van der Waals surface area contributed by atoms with Gasteiger partial charge in [-0.3, -0.25) is 0 Å². The second kappa shape index (κ2) is 5.19. The van der Waals surface area contributed by atoms with Gasteiger partial charge < -0.3 is 15.3 Å². The van der Waals surface area contributed by atoms with Crippen molar-refractivity contribution in [3.05, 3.63) is 35.4 Å². The minimum absolute atomic E-state index is 0.0371. The summed E-state index contributed by atoms with van der Waals surface area (Å²) < 4.78 is 0. The minimum Gasteiger partial charge on any atom is -0.396 e. The lowest BCUT2D eigenvalue weighted by Crippen LogP contribution is -2.29. The van der Waals surface area contributed by atoms with E-state index >= 15 is 0 Å². The molecule has 0 bridgehead atoms. The van der Waals surface area contributed by atoms with Crippen molar-refractivity contribution >= 4 is 6.03 Å². The number of nitrogens with one attached hydrogen (secondary N) is 1. The lowest BCUT2D eigenvalue weighted by atomic mass is 10.1. The van der Waals surface area contributed by atoms with Gasteiger partial charge in [0.2, 0.25) is 0 Å². The Labute approximate surface area is 101 Å². The number of hydrogen-bond donors (Lipinski definition) is 2. The van der Waals surface area contributed by atoms with Crippen molar-refractivity contribution in [1.82, 2.24) is 10.2 Å². The molecule has 0 radical (unpaired) electrons. The number of aliphatic hydroxyl groups excluding tert-OH is 1. The van der Waals surface area contributed by atoms with Crippen molar-refractivity contribution in [2.75, 3.05) is 19.7 Å². The molecule has 0 spiro atoms. The zero-order valence-corrected chi connectivity index (χ0v) is 10.0. The van der Waals surface area contributed by atoms with E-state index in [1.807, 2.05) is 25.1 Å². The molecule has 1 atom stereocenters. The summed E-state index contributed by atoms with van der Waals surface area (Å²) in [6, 6.07) is 8.22. The molecular weight excluding hydrogens is 216 g/mol. The van der Waals surface area contributed by atoms with Crippen LogP contribution in [0.4, 0.5) is 4.79 Å². The van der Waals surface area contributed by atoms with Crippen LogP contribution in [0, 0.1) is 6.92 Å². The molecular formula is C13H18N2O2. The van der Waals surface area contributed by atoms with Crippen molar-refractivity contribution in [3.63, 3.8) is 0 Å².